The summed E-state index contributed by atoms with van der Waals surface area (Å²) < 4.78 is 9.21. The quantitative estimate of drug-likeness (QED) is 0.545. The maximum absolute atomic E-state index is 12.6. The van der Waals surface area contributed by atoms with E-state index in [0.29, 0.717) is 5.95 Å². The number of aromatic nitrogens is 6. The van der Waals surface area contributed by atoms with Gasteiger partial charge in [0, 0.05) is 13.1 Å². The van der Waals surface area contributed by atoms with Crippen LogP contribution in [0.1, 0.15) is 43.7 Å². The Morgan fingerprint density at radius 2 is 1.94 bits per heavy atom. The maximum atomic E-state index is 12.6. The van der Waals surface area contributed by atoms with Gasteiger partial charge < -0.3 is 14.6 Å². The minimum Gasteiger partial charge on any atom is -0.376 e. The molecule has 0 aromatic carbocycles. The molecule has 5 rings (SSSR count). The Bertz CT molecular complexity index is 1330. The SMILES string of the molecule is Cc1cc2ncnn2cc1Nc1ncc2c(n1)c(C1CC(C)OC(C)C1)cc(=O)n2C. The van der Waals surface area contributed by atoms with Gasteiger partial charge in [0.25, 0.3) is 5.56 Å². The fourth-order valence-corrected chi connectivity index (χ4v) is 4.49. The lowest BCUT2D eigenvalue weighted by atomic mass is 9.86. The van der Waals surface area contributed by atoms with E-state index < -0.39 is 0 Å². The topological polar surface area (TPSA) is 99.2 Å². The fourth-order valence-electron chi connectivity index (χ4n) is 4.49. The van der Waals surface area contributed by atoms with Crippen LogP contribution in [0.15, 0.2) is 35.6 Å². The summed E-state index contributed by atoms with van der Waals surface area (Å²) in [6, 6.07) is 3.68. The number of ether oxygens (including phenoxy) is 1. The summed E-state index contributed by atoms with van der Waals surface area (Å²) in [6.45, 7) is 6.16. The van der Waals surface area contributed by atoms with Crippen molar-refractivity contribution >= 4 is 28.3 Å². The number of hydrogen-bond acceptors (Lipinski definition) is 7. The van der Waals surface area contributed by atoms with Crippen LogP contribution in [0.3, 0.4) is 0 Å². The van der Waals surface area contributed by atoms with Gasteiger partial charge in [-0.25, -0.2) is 19.5 Å². The predicted octanol–water partition coefficient (Wildman–Crippen LogP) is 3.09. The van der Waals surface area contributed by atoms with Crippen molar-refractivity contribution in [3.8, 4) is 0 Å². The first-order valence-electron chi connectivity index (χ1n) is 10.5. The molecule has 1 N–H and O–H groups in total. The number of fused-ring (bicyclic) bond motifs is 2. The molecule has 0 spiro atoms. The second kappa shape index (κ2) is 7.42. The van der Waals surface area contributed by atoms with Crippen LogP contribution in [-0.4, -0.2) is 41.3 Å². The minimum absolute atomic E-state index is 0.0499. The van der Waals surface area contributed by atoms with Gasteiger partial charge in [-0.2, -0.15) is 5.10 Å². The molecule has 0 amide bonds. The Morgan fingerprint density at radius 1 is 1.16 bits per heavy atom. The van der Waals surface area contributed by atoms with Crippen LogP contribution in [0, 0.1) is 6.92 Å². The molecular weight excluding hydrogens is 394 g/mol. The summed E-state index contributed by atoms with van der Waals surface area (Å²) in [7, 11) is 1.75. The third-order valence-corrected chi connectivity index (χ3v) is 6.02. The van der Waals surface area contributed by atoms with E-state index in [1.807, 2.05) is 19.2 Å². The van der Waals surface area contributed by atoms with E-state index in [1.165, 1.54) is 6.33 Å². The summed E-state index contributed by atoms with van der Waals surface area (Å²) >= 11 is 0. The number of pyridine rings is 2. The normalized spacial score (nSPS) is 21.6. The van der Waals surface area contributed by atoms with Gasteiger partial charge in [-0.3, -0.25) is 4.79 Å². The average molecular weight is 419 g/mol. The Balaban J connectivity index is 1.60. The molecule has 2 atom stereocenters. The highest BCUT2D eigenvalue weighted by Gasteiger charge is 2.28. The largest absolute Gasteiger partial charge is 0.376 e. The fraction of sp³-hybridized carbons (Fsp3) is 0.409. The van der Waals surface area contributed by atoms with E-state index in [2.05, 4.69) is 34.2 Å². The number of anilines is 2. The molecule has 1 fully saturated rings. The summed E-state index contributed by atoms with van der Waals surface area (Å²) in [5, 5.41) is 7.50. The lowest BCUT2D eigenvalue weighted by Gasteiger charge is -2.32. The van der Waals surface area contributed by atoms with Crippen LogP contribution in [0.5, 0.6) is 0 Å². The van der Waals surface area contributed by atoms with Crippen molar-refractivity contribution in [3.63, 3.8) is 0 Å². The third-order valence-electron chi connectivity index (χ3n) is 6.02. The standard InChI is InChI=1S/C22H25N7O2/c1-12-5-19-24-11-25-29(19)10-17(12)26-22-23-9-18-21(27-22)16(8-20(30)28(18)4)15-6-13(2)31-14(3)7-15/h5,8-11,13-15H,6-7H2,1-4H3,(H,23,26,27). The highest BCUT2D eigenvalue weighted by Crippen LogP contribution is 2.35. The molecule has 31 heavy (non-hydrogen) atoms. The van der Waals surface area contributed by atoms with Gasteiger partial charge in [-0.15, -0.1) is 0 Å². The van der Waals surface area contributed by atoms with Crippen LogP contribution in [-0.2, 0) is 11.8 Å². The van der Waals surface area contributed by atoms with Gasteiger partial charge >= 0.3 is 0 Å². The summed E-state index contributed by atoms with van der Waals surface area (Å²) in [6.07, 6.45) is 7.12. The molecule has 9 heteroatoms. The second-order valence-electron chi connectivity index (χ2n) is 8.41. The molecule has 1 saturated heterocycles. The monoisotopic (exact) mass is 419 g/mol. The zero-order chi connectivity index (χ0) is 21.7. The molecule has 0 bridgehead atoms. The molecule has 0 radical (unpaired) electrons. The van der Waals surface area contributed by atoms with Crippen LogP contribution in [0.2, 0.25) is 0 Å². The highest BCUT2D eigenvalue weighted by atomic mass is 16.5. The second-order valence-corrected chi connectivity index (χ2v) is 8.41. The van der Waals surface area contributed by atoms with Crippen LogP contribution < -0.4 is 10.9 Å². The Kier molecular flexibility index (Phi) is 4.70. The maximum Gasteiger partial charge on any atom is 0.251 e. The molecule has 5 heterocycles. The van der Waals surface area contributed by atoms with Crippen LogP contribution in [0.4, 0.5) is 11.6 Å². The zero-order valence-corrected chi connectivity index (χ0v) is 18.0. The molecule has 160 valence electrons. The first-order valence-corrected chi connectivity index (χ1v) is 10.5. The lowest BCUT2D eigenvalue weighted by Crippen LogP contribution is -2.29. The van der Waals surface area contributed by atoms with Crippen LogP contribution >= 0.6 is 0 Å². The van der Waals surface area contributed by atoms with Gasteiger partial charge in [-0.05, 0) is 56.7 Å². The number of aryl methyl sites for hydroxylation is 2. The summed E-state index contributed by atoms with van der Waals surface area (Å²) in [5.74, 6) is 0.689. The van der Waals surface area contributed by atoms with E-state index in [-0.39, 0.29) is 23.7 Å². The average Bonchev–Trinajstić information content (AvgIpc) is 3.17. The van der Waals surface area contributed by atoms with Crippen molar-refractivity contribution in [1.82, 2.24) is 29.1 Å². The summed E-state index contributed by atoms with van der Waals surface area (Å²) in [4.78, 5) is 26.2. The Labute approximate surface area is 179 Å². The van der Waals surface area contributed by atoms with Gasteiger partial charge in [0.2, 0.25) is 5.95 Å². The van der Waals surface area contributed by atoms with Crippen molar-refractivity contribution in [2.24, 2.45) is 7.05 Å². The van der Waals surface area contributed by atoms with E-state index in [0.717, 1.165) is 46.3 Å². The highest BCUT2D eigenvalue weighted by molar-refractivity contribution is 5.80. The van der Waals surface area contributed by atoms with E-state index in [1.54, 1.807) is 28.4 Å². The van der Waals surface area contributed by atoms with Crippen molar-refractivity contribution in [1.29, 1.82) is 0 Å². The van der Waals surface area contributed by atoms with Gasteiger partial charge in [0.1, 0.15) is 6.33 Å². The zero-order valence-electron chi connectivity index (χ0n) is 18.0. The molecule has 4 aromatic rings. The van der Waals surface area contributed by atoms with Gasteiger partial charge in [0.05, 0.1) is 41.3 Å². The molecule has 9 nitrogen and oxygen atoms in total. The predicted molar refractivity (Wildman–Crippen MR) is 118 cm³/mol. The van der Waals surface area contributed by atoms with E-state index >= 15 is 0 Å². The van der Waals surface area contributed by atoms with Crippen molar-refractivity contribution in [3.05, 3.63) is 52.3 Å². The molecule has 0 saturated carbocycles. The molecule has 1 aliphatic heterocycles. The molecule has 4 aromatic heterocycles. The molecule has 0 aliphatic carbocycles. The molecule has 2 unspecified atom stereocenters. The van der Waals surface area contributed by atoms with Crippen LogP contribution in [0.25, 0.3) is 16.7 Å². The minimum atomic E-state index is -0.0499. The molecule has 1 aliphatic rings. The Morgan fingerprint density at radius 3 is 2.71 bits per heavy atom. The number of nitrogens with zero attached hydrogens (tertiary/aromatic N) is 6. The van der Waals surface area contributed by atoms with E-state index in [9.17, 15) is 4.79 Å². The number of nitrogens with one attached hydrogen (secondary N) is 1. The first-order chi connectivity index (χ1) is 14.9. The summed E-state index contributed by atoms with van der Waals surface area (Å²) in [5.41, 5.74) is 5.07. The number of rotatable bonds is 3. The number of hydrogen-bond donors (Lipinski definition) is 1. The van der Waals surface area contributed by atoms with Crippen molar-refractivity contribution < 1.29 is 4.74 Å². The molecular formula is C22H25N7O2. The van der Waals surface area contributed by atoms with E-state index in [4.69, 9.17) is 9.72 Å². The third kappa shape index (κ3) is 3.54. The Hall–Kier alpha value is -3.33. The lowest BCUT2D eigenvalue weighted by molar-refractivity contribution is -0.0378. The van der Waals surface area contributed by atoms with Crippen molar-refractivity contribution in [2.75, 3.05) is 5.32 Å². The first kappa shape index (κ1) is 19.6. The smallest absolute Gasteiger partial charge is 0.251 e. The van der Waals surface area contributed by atoms with Gasteiger partial charge in [0.15, 0.2) is 5.65 Å². The van der Waals surface area contributed by atoms with Crippen molar-refractivity contribution in [2.45, 2.75) is 51.7 Å². The van der Waals surface area contributed by atoms with Gasteiger partial charge in [-0.1, -0.05) is 0 Å².